The van der Waals surface area contributed by atoms with Gasteiger partial charge in [0, 0.05) is 0 Å². The molecule has 1 heterocycles. The molecule has 2 nitrogen and oxygen atoms in total. The van der Waals surface area contributed by atoms with Gasteiger partial charge in [-0.2, -0.15) is 0 Å². The van der Waals surface area contributed by atoms with Crippen LogP contribution in [0.4, 0.5) is 0 Å². The third-order valence-corrected chi connectivity index (χ3v) is 2.03. The highest BCUT2D eigenvalue weighted by Crippen LogP contribution is 2.29. The molecule has 0 N–H and O–H groups in total. The zero-order valence-corrected chi connectivity index (χ0v) is 7.91. The lowest BCUT2D eigenvalue weighted by molar-refractivity contribution is 0.131. The van der Waals surface area contributed by atoms with Crippen molar-refractivity contribution < 1.29 is 9.31 Å². The van der Waals surface area contributed by atoms with Crippen molar-refractivity contribution in [2.75, 3.05) is 0 Å². The average Bonchev–Trinajstić information content (AvgIpc) is 2.26. The zero-order valence-electron chi connectivity index (χ0n) is 7.91. The summed E-state index contributed by atoms with van der Waals surface area (Å²) in [7, 11) is -0.144. The molecule has 1 fully saturated rings. The number of hydrogen-bond donors (Lipinski definition) is 0. The molecule has 66 valence electrons. The summed E-state index contributed by atoms with van der Waals surface area (Å²) in [5.41, 5.74) is -0.337. The van der Waals surface area contributed by atoms with Gasteiger partial charge in [0.05, 0.1) is 11.7 Å². The highest BCUT2D eigenvalue weighted by molar-refractivity contribution is 6.43. The molecule has 0 aliphatic carbocycles. The van der Waals surface area contributed by atoms with Crippen LogP contribution in [-0.2, 0) is 9.31 Å². The molecule has 0 radical (unpaired) electrons. The summed E-state index contributed by atoms with van der Waals surface area (Å²) in [6.45, 7) is 9.58. The molecule has 3 heteroatoms. The highest BCUT2D eigenvalue weighted by Gasteiger charge is 2.42. The van der Waals surface area contributed by atoms with E-state index >= 15 is 0 Å². The fourth-order valence-electron chi connectivity index (χ4n) is 1.55. The first kappa shape index (κ1) is 9.55. The molecule has 0 spiro atoms. The summed E-state index contributed by atoms with van der Waals surface area (Å²) in [6, 6.07) is 0. The first-order valence-corrected chi connectivity index (χ1v) is 4.22. The van der Waals surface area contributed by atoms with Gasteiger partial charge in [-0.15, -0.1) is 6.58 Å². The first-order valence-electron chi connectivity index (χ1n) is 4.22. The Morgan fingerprint density at radius 1 is 1.58 bits per heavy atom. The van der Waals surface area contributed by atoms with Crippen molar-refractivity contribution in [3.8, 4) is 0 Å². The van der Waals surface area contributed by atoms with E-state index in [0.717, 1.165) is 0 Å². The van der Waals surface area contributed by atoms with Crippen LogP contribution in [0.15, 0.2) is 24.8 Å². The minimum absolute atomic E-state index is 0.0382. The molecule has 1 aliphatic rings. The smallest absolute Gasteiger partial charge is 0.402 e. The van der Waals surface area contributed by atoms with Gasteiger partial charge in [0.15, 0.2) is 0 Å². The molecule has 0 aromatic carbocycles. The first-order chi connectivity index (χ1) is 5.62. The summed E-state index contributed by atoms with van der Waals surface area (Å²) in [4.78, 5) is 0. The third kappa shape index (κ3) is 1.62. The highest BCUT2D eigenvalue weighted by atomic mass is 16.7. The van der Waals surface area contributed by atoms with E-state index in [2.05, 4.69) is 6.58 Å². The molecular formula is C9H15BO2. The van der Waals surface area contributed by atoms with Crippen molar-refractivity contribution in [1.82, 2.24) is 0 Å². The Bertz CT molecular complexity index is 203. The Morgan fingerprint density at radius 3 is 2.75 bits per heavy atom. The van der Waals surface area contributed by atoms with Crippen LogP contribution in [-0.4, -0.2) is 18.8 Å². The summed E-state index contributed by atoms with van der Waals surface area (Å²) < 4.78 is 11.1. The van der Waals surface area contributed by atoms with Crippen molar-refractivity contribution in [2.45, 2.75) is 32.4 Å². The lowest BCUT2D eigenvalue weighted by atomic mass is 9.95. The molecule has 1 saturated heterocycles. The Hall–Kier alpha value is -0.535. The Labute approximate surface area is 74.4 Å². The Morgan fingerprint density at radius 2 is 2.25 bits per heavy atom. The lowest BCUT2D eigenvalue weighted by Gasteiger charge is -2.23. The van der Waals surface area contributed by atoms with Gasteiger partial charge in [0.1, 0.15) is 0 Å². The summed E-state index contributed by atoms with van der Waals surface area (Å²) >= 11 is 0. The minimum atomic E-state index is -0.337. The number of hydrogen-bond acceptors (Lipinski definition) is 2. The second kappa shape index (κ2) is 3.46. The van der Waals surface area contributed by atoms with Gasteiger partial charge >= 0.3 is 7.12 Å². The van der Waals surface area contributed by atoms with Gasteiger partial charge in [-0.3, -0.25) is 0 Å². The van der Waals surface area contributed by atoms with Gasteiger partial charge in [0.2, 0.25) is 0 Å². The lowest BCUT2D eigenvalue weighted by Crippen LogP contribution is -2.32. The van der Waals surface area contributed by atoms with Gasteiger partial charge in [-0.25, -0.2) is 0 Å². The van der Waals surface area contributed by atoms with E-state index in [1.54, 1.807) is 6.08 Å². The quantitative estimate of drug-likeness (QED) is 0.461. The van der Waals surface area contributed by atoms with Crippen LogP contribution in [0.3, 0.4) is 0 Å². The predicted octanol–water partition coefficient (Wildman–Crippen LogP) is 2.04. The normalized spacial score (nSPS) is 36.2. The average molecular weight is 166 g/mol. The maximum Gasteiger partial charge on any atom is 0.454 e. The molecule has 0 amide bonds. The largest absolute Gasteiger partial charge is 0.454 e. The van der Waals surface area contributed by atoms with Gasteiger partial charge in [0.25, 0.3) is 0 Å². The maximum atomic E-state index is 5.61. The van der Waals surface area contributed by atoms with E-state index in [9.17, 15) is 0 Å². The number of allylic oxidation sites excluding steroid dienone is 1. The van der Waals surface area contributed by atoms with E-state index in [1.807, 2.05) is 32.8 Å². The van der Waals surface area contributed by atoms with Gasteiger partial charge in [-0.05, 0) is 20.7 Å². The van der Waals surface area contributed by atoms with Crippen molar-refractivity contribution in [3.63, 3.8) is 0 Å². The van der Waals surface area contributed by atoms with Crippen LogP contribution in [0, 0.1) is 0 Å². The second-order valence-corrected chi connectivity index (χ2v) is 3.16. The van der Waals surface area contributed by atoms with E-state index in [4.69, 9.17) is 9.31 Å². The predicted molar refractivity (Wildman–Crippen MR) is 51.0 cm³/mol. The fraction of sp³-hybridized carbons (Fsp3) is 0.556. The van der Waals surface area contributed by atoms with Crippen LogP contribution in [0.5, 0.6) is 0 Å². The molecule has 1 aliphatic heterocycles. The van der Waals surface area contributed by atoms with Gasteiger partial charge in [-0.1, -0.05) is 18.2 Å². The van der Waals surface area contributed by atoms with Crippen LogP contribution in [0.25, 0.3) is 0 Å². The van der Waals surface area contributed by atoms with E-state index < -0.39 is 0 Å². The summed E-state index contributed by atoms with van der Waals surface area (Å²) in [6.07, 6.45) is 5.72. The molecule has 0 aromatic heterocycles. The van der Waals surface area contributed by atoms with Crippen LogP contribution in [0.1, 0.15) is 13.8 Å². The molecule has 1 unspecified atom stereocenters. The zero-order chi connectivity index (χ0) is 9.19. The number of rotatable bonds is 2. The molecule has 2 atom stereocenters. The molecule has 12 heavy (non-hydrogen) atoms. The third-order valence-electron chi connectivity index (χ3n) is 2.03. The molecule has 0 saturated carbocycles. The molecule has 0 aromatic rings. The second-order valence-electron chi connectivity index (χ2n) is 3.16. The monoisotopic (exact) mass is 166 g/mol. The van der Waals surface area contributed by atoms with E-state index in [0.29, 0.717) is 0 Å². The van der Waals surface area contributed by atoms with Crippen LogP contribution >= 0.6 is 0 Å². The summed E-state index contributed by atoms with van der Waals surface area (Å²) in [5, 5.41) is 0. The minimum Gasteiger partial charge on any atom is -0.402 e. The Balaban J connectivity index is 2.80. The molecular weight excluding hydrogens is 151 g/mol. The fourth-order valence-corrected chi connectivity index (χ4v) is 1.55. The van der Waals surface area contributed by atoms with Crippen LogP contribution < -0.4 is 0 Å². The van der Waals surface area contributed by atoms with Crippen molar-refractivity contribution in [2.24, 2.45) is 0 Å². The molecule has 1 rings (SSSR count). The van der Waals surface area contributed by atoms with E-state index in [1.165, 1.54) is 0 Å². The van der Waals surface area contributed by atoms with Gasteiger partial charge < -0.3 is 9.31 Å². The van der Waals surface area contributed by atoms with Crippen molar-refractivity contribution in [3.05, 3.63) is 24.8 Å². The SMILES string of the molecule is C=C[C@@H]1OB(C)OC1(C)/C=C\C. The standard InChI is InChI=1S/C9H15BO2/c1-5-7-9(3)8(6-2)11-10(4)12-9/h5-8H,2H2,1,3-4H3/b7-5-/t8-,9?/m0/s1. The van der Waals surface area contributed by atoms with Crippen molar-refractivity contribution >= 4 is 7.12 Å². The maximum absolute atomic E-state index is 5.61. The summed E-state index contributed by atoms with van der Waals surface area (Å²) in [5.74, 6) is 0. The molecule has 0 bridgehead atoms. The van der Waals surface area contributed by atoms with E-state index in [-0.39, 0.29) is 18.8 Å². The van der Waals surface area contributed by atoms with Crippen LogP contribution in [0.2, 0.25) is 6.82 Å². The Kier molecular flexibility index (Phi) is 2.75. The topological polar surface area (TPSA) is 18.5 Å². The van der Waals surface area contributed by atoms with Crippen molar-refractivity contribution in [1.29, 1.82) is 0 Å².